The molecule has 0 spiro atoms. The summed E-state index contributed by atoms with van der Waals surface area (Å²) in [7, 11) is 0. The number of aromatic nitrogens is 4. The molecule has 66 valence electrons. The molecule has 1 N–H and O–H groups in total. The molecule has 0 amide bonds. The van der Waals surface area contributed by atoms with Crippen LogP contribution in [-0.2, 0) is 0 Å². The van der Waals surface area contributed by atoms with Crippen molar-refractivity contribution >= 4 is 23.2 Å². The summed E-state index contributed by atoms with van der Waals surface area (Å²) in [6.07, 6.45) is 4.60. The Morgan fingerprint density at radius 1 is 1.15 bits per heavy atom. The molecule has 0 radical (unpaired) electrons. The van der Waals surface area contributed by atoms with Gasteiger partial charge in [0, 0.05) is 11.8 Å². The summed E-state index contributed by atoms with van der Waals surface area (Å²) < 4.78 is 0. The minimum Gasteiger partial charge on any atom is -0.285 e. The third-order valence-corrected chi connectivity index (χ3v) is 2.11. The van der Waals surface area contributed by atoms with Gasteiger partial charge in [0.1, 0.15) is 16.6 Å². The minimum atomic E-state index is 0.321. The van der Waals surface area contributed by atoms with Crippen LogP contribution in [-0.4, -0.2) is 20.2 Å². The van der Waals surface area contributed by atoms with Crippen LogP contribution in [0, 0.1) is 0 Å². The van der Waals surface area contributed by atoms with Crippen molar-refractivity contribution in [2.24, 2.45) is 0 Å². The van der Waals surface area contributed by atoms with Gasteiger partial charge in [-0.05, 0) is 0 Å². The molecule has 6 heteroatoms. The van der Waals surface area contributed by atoms with Gasteiger partial charge in [0.15, 0.2) is 0 Å². The third kappa shape index (κ3) is 1.50. The predicted octanol–water partition coefficient (Wildman–Crippen LogP) is 2.17. The van der Waals surface area contributed by atoms with Crippen molar-refractivity contribution in [2.45, 2.75) is 0 Å². The number of hydrogen-bond acceptors (Lipinski definition) is 3. The SMILES string of the molecule is Clc1ncnc(Cl)c1-c1cn[nH]c1. The van der Waals surface area contributed by atoms with Crippen molar-refractivity contribution < 1.29 is 0 Å². The Morgan fingerprint density at radius 3 is 2.38 bits per heavy atom. The average molecular weight is 215 g/mol. The van der Waals surface area contributed by atoms with E-state index in [9.17, 15) is 0 Å². The van der Waals surface area contributed by atoms with E-state index in [4.69, 9.17) is 23.2 Å². The molecule has 4 nitrogen and oxygen atoms in total. The highest BCUT2D eigenvalue weighted by molar-refractivity contribution is 6.37. The highest BCUT2D eigenvalue weighted by Gasteiger charge is 2.10. The standard InChI is InChI=1S/C7H4Cl2N4/c8-6-5(4-1-12-13-2-4)7(9)11-3-10-6/h1-3H,(H,12,13). The van der Waals surface area contributed by atoms with Gasteiger partial charge in [-0.3, -0.25) is 5.10 Å². The van der Waals surface area contributed by atoms with E-state index in [0.717, 1.165) is 5.56 Å². The van der Waals surface area contributed by atoms with Crippen molar-refractivity contribution in [1.82, 2.24) is 20.2 Å². The van der Waals surface area contributed by atoms with E-state index in [1.54, 1.807) is 12.4 Å². The maximum atomic E-state index is 5.84. The molecule has 2 heterocycles. The van der Waals surface area contributed by atoms with Crippen LogP contribution in [0.1, 0.15) is 0 Å². The molecule has 0 aliphatic rings. The largest absolute Gasteiger partial charge is 0.285 e. The van der Waals surface area contributed by atoms with Crippen LogP contribution in [0.5, 0.6) is 0 Å². The van der Waals surface area contributed by atoms with Gasteiger partial charge in [0.25, 0.3) is 0 Å². The Labute approximate surface area is 83.9 Å². The van der Waals surface area contributed by atoms with Gasteiger partial charge in [0.2, 0.25) is 0 Å². The Morgan fingerprint density at radius 2 is 1.85 bits per heavy atom. The number of hydrogen-bond donors (Lipinski definition) is 1. The summed E-state index contributed by atoms with van der Waals surface area (Å²) in [5.41, 5.74) is 1.37. The maximum absolute atomic E-state index is 5.84. The summed E-state index contributed by atoms with van der Waals surface area (Å²) >= 11 is 11.7. The molecule has 0 aliphatic carbocycles. The van der Waals surface area contributed by atoms with Gasteiger partial charge < -0.3 is 0 Å². The molecule has 0 aliphatic heterocycles. The van der Waals surface area contributed by atoms with Gasteiger partial charge in [0.05, 0.1) is 11.8 Å². The van der Waals surface area contributed by atoms with Crippen molar-refractivity contribution in [3.63, 3.8) is 0 Å². The molecule has 2 aromatic heterocycles. The van der Waals surface area contributed by atoms with Gasteiger partial charge >= 0.3 is 0 Å². The van der Waals surface area contributed by atoms with Gasteiger partial charge in [-0.25, -0.2) is 9.97 Å². The molecule has 0 bridgehead atoms. The molecule has 0 saturated heterocycles. The number of H-pyrrole nitrogens is 1. The fourth-order valence-electron chi connectivity index (χ4n) is 0.970. The lowest BCUT2D eigenvalue weighted by Crippen LogP contribution is -1.86. The zero-order chi connectivity index (χ0) is 9.26. The predicted molar refractivity (Wildman–Crippen MR) is 49.6 cm³/mol. The lowest BCUT2D eigenvalue weighted by atomic mass is 10.2. The Hall–Kier alpha value is -1.13. The molecule has 2 aromatic rings. The van der Waals surface area contributed by atoms with Crippen LogP contribution >= 0.6 is 23.2 Å². The van der Waals surface area contributed by atoms with E-state index < -0.39 is 0 Å². The molecule has 0 unspecified atom stereocenters. The number of aromatic amines is 1. The lowest BCUT2D eigenvalue weighted by Gasteiger charge is -2.00. The maximum Gasteiger partial charge on any atom is 0.141 e. The van der Waals surface area contributed by atoms with E-state index in [1.807, 2.05) is 0 Å². The van der Waals surface area contributed by atoms with Crippen molar-refractivity contribution in [1.29, 1.82) is 0 Å². The second-order valence-corrected chi connectivity index (χ2v) is 3.03. The topological polar surface area (TPSA) is 54.5 Å². The monoisotopic (exact) mass is 214 g/mol. The number of nitrogens with zero attached hydrogens (tertiary/aromatic N) is 3. The molecular formula is C7H4Cl2N4. The summed E-state index contributed by atoms with van der Waals surface area (Å²) in [4.78, 5) is 7.65. The Balaban J connectivity index is 2.64. The molecule has 0 aromatic carbocycles. The van der Waals surface area contributed by atoms with Crippen LogP contribution in [0.2, 0.25) is 10.3 Å². The average Bonchev–Trinajstić information content (AvgIpc) is 2.57. The first-order valence-electron chi connectivity index (χ1n) is 3.44. The van der Waals surface area contributed by atoms with E-state index in [0.29, 0.717) is 15.9 Å². The second kappa shape index (κ2) is 3.32. The fraction of sp³-hybridized carbons (Fsp3) is 0. The summed E-state index contributed by atoms with van der Waals surface area (Å²) in [6, 6.07) is 0. The third-order valence-electron chi connectivity index (χ3n) is 1.54. The summed E-state index contributed by atoms with van der Waals surface area (Å²) in [5.74, 6) is 0. The van der Waals surface area contributed by atoms with Crippen molar-refractivity contribution in [3.8, 4) is 11.1 Å². The van der Waals surface area contributed by atoms with Crippen LogP contribution < -0.4 is 0 Å². The zero-order valence-electron chi connectivity index (χ0n) is 6.33. The summed E-state index contributed by atoms with van der Waals surface area (Å²) in [5, 5.41) is 7.08. The number of halogens is 2. The molecule has 0 fully saturated rings. The first-order valence-corrected chi connectivity index (χ1v) is 4.20. The first kappa shape index (κ1) is 8.47. The summed E-state index contributed by atoms with van der Waals surface area (Å²) in [6.45, 7) is 0. The number of nitrogens with one attached hydrogen (secondary N) is 1. The lowest BCUT2D eigenvalue weighted by molar-refractivity contribution is 1.09. The Bertz CT molecular complexity index is 392. The van der Waals surface area contributed by atoms with Gasteiger partial charge in [-0.1, -0.05) is 23.2 Å². The van der Waals surface area contributed by atoms with E-state index in [1.165, 1.54) is 6.33 Å². The highest BCUT2D eigenvalue weighted by atomic mass is 35.5. The van der Waals surface area contributed by atoms with E-state index >= 15 is 0 Å². The van der Waals surface area contributed by atoms with Crippen LogP contribution in [0.25, 0.3) is 11.1 Å². The Kier molecular flexibility index (Phi) is 2.16. The fourth-order valence-corrected chi connectivity index (χ4v) is 1.50. The minimum absolute atomic E-state index is 0.321. The van der Waals surface area contributed by atoms with Gasteiger partial charge in [-0.15, -0.1) is 0 Å². The molecule has 2 rings (SSSR count). The molecular weight excluding hydrogens is 211 g/mol. The molecule has 13 heavy (non-hydrogen) atoms. The molecule has 0 saturated carbocycles. The zero-order valence-corrected chi connectivity index (χ0v) is 7.84. The first-order chi connectivity index (χ1) is 6.29. The van der Waals surface area contributed by atoms with Crippen LogP contribution in [0.4, 0.5) is 0 Å². The van der Waals surface area contributed by atoms with Crippen LogP contribution in [0.3, 0.4) is 0 Å². The van der Waals surface area contributed by atoms with E-state index in [-0.39, 0.29) is 0 Å². The highest BCUT2D eigenvalue weighted by Crippen LogP contribution is 2.30. The van der Waals surface area contributed by atoms with Crippen LogP contribution in [0.15, 0.2) is 18.7 Å². The molecule has 0 atom stereocenters. The van der Waals surface area contributed by atoms with E-state index in [2.05, 4.69) is 20.2 Å². The second-order valence-electron chi connectivity index (χ2n) is 2.32. The normalized spacial score (nSPS) is 10.3. The smallest absolute Gasteiger partial charge is 0.141 e. The van der Waals surface area contributed by atoms with Crippen molar-refractivity contribution in [2.75, 3.05) is 0 Å². The van der Waals surface area contributed by atoms with Crippen molar-refractivity contribution in [3.05, 3.63) is 29.0 Å². The number of rotatable bonds is 1. The van der Waals surface area contributed by atoms with Gasteiger partial charge in [-0.2, -0.15) is 5.10 Å². The quantitative estimate of drug-likeness (QED) is 0.741.